The van der Waals surface area contributed by atoms with Crippen molar-refractivity contribution < 1.29 is 4.79 Å². The Hall–Kier alpha value is -0.710. The highest BCUT2D eigenvalue weighted by Crippen LogP contribution is 2.12. The lowest BCUT2D eigenvalue weighted by Crippen LogP contribution is -2.31. The highest BCUT2D eigenvalue weighted by Gasteiger charge is 2.18. The fourth-order valence-corrected chi connectivity index (χ4v) is 2.79. The Kier molecular flexibility index (Phi) is 4.09. The van der Waals surface area contributed by atoms with Crippen molar-refractivity contribution in [3.05, 3.63) is 22.4 Å². The van der Waals surface area contributed by atoms with Crippen molar-refractivity contribution in [3.63, 3.8) is 0 Å². The molecule has 16 heavy (non-hydrogen) atoms. The van der Waals surface area contributed by atoms with E-state index in [2.05, 4.69) is 10.2 Å². The standard InChI is InChI=1S/C12H18N2OS/c1-14(8-10-4-5-13-7-10)9-11(15)12-3-2-6-16-12/h2-3,6,10,13H,4-5,7-9H2,1H3/t10-/m0/s1. The van der Waals surface area contributed by atoms with Crippen LogP contribution in [-0.4, -0.2) is 43.9 Å². The van der Waals surface area contributed by atoms with Gasteiger partial charge >= 0.3 is 0 Å². The average molecular weight is 238 g/mol. The Morgan fingerprint density at radius 2 is 2.56 bits per heavy atom. The number of Topliss-reactive ketones (excluding diaryl/α,β-unsaturated/α-hetero) is 1. The number of carbonyl (C=O) groups excluding carboxylic acids is 1. The molecule has 1 N–H and O–H groups in total. The normalized spacial score (nSPS) is 20.5. The third-order valence-electron chi connectivity index (χ3n) is 2.94. The summed E-state index contributed by atoms with van der Waals surface area (Å²) in [5, 5.41) is 5.30. The molecule has 1 atom stereocenters. The molecule has 2 heterocycles. The van der Waals surface area contributed by atoms with E-state index in [-0.39, 0.29) is 5.78 Å². The molecule has 1 aromatic heterocycles. The summed E-state index contributed by atoms with van der Waals surface area (Å²) in [7, 11) is 2.03. The van der Waals surface area contributed by atoms with Gasteiger partial charge in [-0.25, -0.2) is 0 Å². The lowest BCUT2D eigenvalue weighted by atomic mass is 10.1. The Bertz CT molecular complexity index is 331. The van der Waals surface area contributed by atoms with Crippen LogP contribution in [-0.2, 0) is 0 Å². The van der Waals surface area contributed by atoms with E-state index in [1.165, 1.54) is 17.8 Å². The summed E-state index contributed by atoms with van der Waals surface area (Å²) in [6.45, 7) is 3.77. The maximum Gasteiger partial charge on any atom is 0.186 e. The van der Waals surface area contributed by atoms with Gasteiger partial charge in [0.25, 0.3) is 0 Å². The number of nitrogens with zero attached hydrogens (tertiary/aromatic N) is 1. The average Bonchev–Trinajstić information content (AvgIpc) is 2.88. The molecule has 3 nitrogen and oxygen atoms in total. The Labute approximate surface area is 100 Å². The molecule has 1 fully saturated rings. The minimum absolute atomic E-state index is 0.239. The van der Waals surface area contributed by atoms with Gasteiger partial charge in [0.15, 0.2) is 5.78 Å². The molecule has 1 aliphatic heterocycles. The van der Waals surface area contributed by atoms with Crippen LogP contribution >= 0.6 is 11.3 Å². The second-order valence-corrected chi connectivity index (χ2v) is 5.40. The summed E-state index contributed by atoms with van der Waals surface area (Å²) in [4.78, 5) is 14.9. The molecule has 0 amide bonds. The first kappa shape index (κ1) is 11.8. The largest absolute Gasteiger partial charge is 0.316 e. The van der Waals surface area contributed by atoms with E-state index in [4.69, 9.17) is 0 Å². The van der Waals surface area contributed by atoms with E-state index < -0.39 is 0 Å². The molecule has 4 heteroatoms. The van der Waals surface area contributed by atoms with Gasteiger partial charge in [0, 0.05) is 6.54 Å². The van der Waals surface area contributed by atoms with E-state index in [1.54, 1.807) is 0 Å². The Morgan fingerprint density at radius 1 is 1.69 bits per heavy atom. The number of ketones is 1. The maximum absolute atomic E-state index is 11.8. The van der Waals surface area contributed by atoms with Crippen LogP contribution in [0.2, 0.25) is 0 Å². The number of hydrogen-bond acceptors (Lipinski definition) is 4. The molecule has 0 radical (unpaired) electrons. The second kappa shape index (κ2) is 5.57. The van der Waals surface area contributed by atoms with Crippen molar-refractivity contribution in [2.24, 2.45) is 5.92 Å². The molecule has 0 aliphatic carbocycles. The molecule has 1 aromatic rings. The predicted molar refractivity (Wildman–Crippen MR) is 67.1 cm³/mol. The molecule has 1 aliphatic rings. The van der Waals surface area contributed by atoms with Gasteiger partial charge in [-0.15, -0.1) is 11.3 Å². The van der Waals surface area contributed by atoms with Gasteiger partial charge in [0.2, 0.25) is 0 Å². The smallest absolute Gasteiger partial charge is 0.186 e. The van der Waals surface area contributed by atoms with Gasteiger partial charge in [0.05, 0.1) is 11.4 Å². The summed E-state index contributed by atoms with van der Waals surface area (Å²) in [6, 6.07) is 3.83. The topological polar surface area (TPSA) is 32.3 Å². The minimum atomic E-state index is 0.239. The van der Waals surface area contributed by atoms with E-state index in [0.717, 1.165) is 24.5 Å². The molecule has 0 saturated carbocycles. The van der Waals surface area contributed by atoms with Crippen molar-refractivity contribution in [1.82, 2.24) is 10.2 Å². The molecule has 0 aromatic carbocycles. The predicted octanol–water partition coefficient (Wildman–Crippen LogP) is 1.47. The lowest BCUT2D eigenvalue weighted by Gasteiger charge is -2.19. The number of rotatable bonds is 5. The second-order valence-electron chi connectivity index (χ2n) is 4.46. The van der Waals surface area contributed by atoms with Crippen LogP contribution in [0.5, 0.6) is 0 Å². The monoisotopic (exact) mass is 238 g/mol. The van der Waals surface area contributed by atoms with Crippen LogP contribution < -0.4 is 5.32 Å². The molecule has 88 valence electrons. The Balaban J connectivity index is 1.78. The van der Waals surface area contributed by atoms with E-state index in [9.17, 15) is 4.79 Å². The van der Waals surface area contributed by atoms with Crippen LogP contribution in [0.15, 0.2) is 17.5 Å². The molecule has 2 rings (SSSR count). The van der Waals surface area contributed by atoms with E-state index in [0.29, 0.717) is 12.5 Å². The van der Waals surface area contributed by atoms with Gasteiger partial charge in [0.1, 0.15) is 0 Å². The fraction of sp³-hybridized carbons (Fsp3) is 0.583. The van der Waals surface area contributed by atoms with Crippen LogP contribution in [0.3, 0.4) is 0 Å². The Morgan fingerprint density at radius 3 is 3.19 bits per heavy atom. The molecule has 1 saturated heterocycles. The van der Waals surface area contributed by atoms with Gasteiger partial charge < -0.3 is 5.32 Å². The summed E-state index contributed by atoms with van der Waals surface area (Å²) in [5.41, 5.74) is 0. The quantitative estimate of drug-likeness (QED) is 0.789. The van der Waals surface area contributed by atoms with Gasteiger partial charge in [-0.3, -0.25) is 9.69 Å². The molecular weight excluding hydrogens is 220 g/mol. The number of nitrogens with one attached hydrogen (secondary N) is 1. The first-order valence-corrected chi connectivity index (χ1v) is 6.59. The van der Waals surface area contributed by atoms with Gasteiger partial charge in [-0.1, -0.05) is 6.07 Å². The molecular formula is C12H18N2OS. The minimum Gasteiger partial charge on any atom is -0.316 e. The molecule has 0 unspecified atom stereocenters. The van der Waals surface area contributed by atoms with Gasteiger partial charge in [-0.05, 0) is 43.9 Å². The van der Waals surface area contributed by atoms with Crippen molar-refractivity contribution in [1.29, 1.82) is 0 Å². The van der Waals surface area contributed by atoms with Gasteiger partial charge in [-0.2, -0.15) is 0 Å². The van der Waals surface area contributed by atoms with E-state index >= 15 is 0 Å². The number of carbonyl (C=O) groups is 1. The maximum atomic E-state index is 11.8. The first-order chi connectivity index (χ1) is 7.75. The van der Waals surface area contributed by atoms with Crippen LogP contribution in [0.4, 0.5) is 0 Å². The number of hydrogen-bond donors (Lipinski definition) is 1. The third kappa shape index (κ3) is 3.14. The zero-order valence-corrected chi connectivity index (χ0v) is 10.4. The van der Waals surface area contributed by atoms with Crippen molar-refractivity contribution >= 4 is 17.1 Å². The summed E-state index contributed by atoms with van der Waals surface area (Å²) in [6.07, 6.45) is 1.23. The zero-order valence-electron chi connectivity index (χ0n) is 9.61. The van der Waals surface area contributed by atoms with E-state index in [1.807, 2.05) is 24.6 Å². The number of likely N-dealkylation sites (N-methyl/N-ethyl adjacent to an activating group) is 1. The van der Waals surface area contributed by atoms with Crippen LogP contribution in [0.1, 0.15) is 16.1 Å². The van der Waals surface area contributed by atoms with Crippen molar-refractivity contribution in [2.75, 3.05) is 33.2 Å². The summed E-state index contributed by atoms with van der Waals surface area (Å²) < 4.78 is 0. The zero-order chi connectivity index (χ0) is 11.4. The van der Waals surface area contributed by atoms with Crippen LogP contribution in [0.25, 0.3) is 0 Å². The molecule has 0 spiro atoms. The molecule has 0 bridgehead atoms. The summed E-state index contributed by atoms with van der Waals surface area (Å²) in [5.74, 6) is 0.949. The van der Waals surface area contributed by atoms with Crippen molar-refractivity contribution in [2.45, 2.75) is 6.42 Å². The van der Waals surface area contributed by atoms with Crippen LogP contribution in [0, 0.1) is 5.92 Å². The fourth-order valence-electron chi connectivity index (χ4n) is 2.14. The first-order valence-electron chi connectivity index (χ1n) is 5.71. The SMILES string of the molecule is CN(CC(=O)c1cccs1)C[C@H]1CCNC1. The number of thiophene rings is 1. The van der Waals surface area contributed by atoms with Crippen molar-refractivity contribution in [3.8, 4) is 0 Å². The third-order valence-corrected chi connectivity index (χ3v) is 3.85. The highest BCUT2D eigenvalue weighted by molar-refractivity contribution is 7.12. The summed E-state index contributed by atoms with van der Waals surface area (Å²) >= 11 is 1.53. The highest BCUT2D eigenvalue weighted by atomic mass is 32.1. The lowest BCUT2D eigenvalue weighted by molar-refractivity contribution is 0.0943.